The Morgan fingerprint density at radius 2 is 1.94 bits per heavy atom. The third-order valence-electron chi connectivity index (χ3n) is 3.20. The van der Waals surface area contributed by atoms with E-state index in [4.69, 9.17) is 0 Å². The Morgan fingerprint density at radius 3 is 2.50 bits per heavy atom. The predicted octanol–water partition coefficient (Wildman–Crippen LogP) is 5.83. The topological polar surface area (TPSA) is 12.0 Å². The number of hydrogen-bond acceptors (Lipinski definition) is 2. The lowest BCUT2D eigenvalue weighted by atomic mass is 10.1. The lowest BCUT2D eigenvalue weighted by Gasteiger charge is -2.17. The Bertz CT molecular complexity index is 335. The first kappa shape index (κ1) is 16.2. The molecule has 0 radical (unpaired) electrons. The summed E-state index contributed by atoms with van der Waals surface area (Å²) < 4.78 is 1.28. The van der Waals surface area contributed by atoms with Crippen molar-refractivity contribution in [1.29, 1.82) is 0 Å². The van der Waals surface area contributed by atoms with Crippen LogP contribution in [0.15, 0.2) is 10.5 Å². The summed E-state index contributed by atoms with van der Waals surface area (Å²) in [6.07, 6.45) is 8.06. The highest BCUT2D eigenvalue weighted by Crippen LogP contribution is 2.34. The highest BCUT2D eigenvalue weighted by molar-refractivity contribution is 9.10. The Kier molecular flexibility index (Phi) is 8.20. The van der Waals surface area contributed by atoms with Crippen LogP contribution in [0.5, 0.6) is 0 Å². The SMILES string of the molecule is CCCCCCCC(NCC)c1sc(C)cc1Br. The van der Waals surface area contributed by atoms with Crippen molar-refractivity contribution >= 4 is 27.3 Å². The van der Waals surface area contributed by atoms with Crippen molar-refractivity contribution in [2.45, 2.75) is 65.3 Å². The number of aryl methyl sites for hydroxylation is 1. The predicted molar refractivity (Wildman–Crippen MR) is 86.5 cm³/mol. The molecule has 1 atom stereocenters. The van der Waals surface area contributed by atoms with E-state index in [0.29, 0.717) is 6.04 Å². The average Bonchev–Trinajstić information content (AvgIpc) is 2.67. The molecule has 1 N–H and O–H groups in total. The Hall–Kier alpha value is 0.140. The fourth-order valence-corrected chi connectivity index (χ4v) is 4.30. The Balaban J connectivity index is 2.47. The molecule has 0 spiro atoms. The zero-order valence-corrected chi connectivity index (χ0v) is 14.3. The molecular formula is C15H26BrNS. The van der Waals surface area contributed by atoms with Crippen LogP contribution in [-0.2, 0) is 0 Å². The molecule has 18 heavy (non-hydrogen) atoms. The Labute approximate surface area is 125 Å². The summed E-state index contributed by atoms with van der Waals surface area (Å²) >= 11 is 5.61. The molecule has 104 valence electrons. The van der Waals surface area contributed by atoms with E-state index in [-0.39, 0.29) is 0 Å². The largest absolute Gasteiger partial charge is 0.309 e. The molecule has 1 rings (SSSR count). The minimum atomic E-state index is 0.532. The molecule has 1 aromatic heterocycles. The molecule has 0 saturated carbocycles. The molecule has 3 heteroatoms. The molecule has 0 fully saturated rings. The third-order valence-corrected chi connectivity index (χ3v) is 5.28. The summed E-state index contributed by atoms with van der Waals surface area (Å²) in [7, 11) is 0. The highest BCUT2D eigenvalue weighted by atomic mass is 79.9. The van der Waals surface area contributed by atoms with Crippen LogP contribution in [0.2, 0.25) is 0 Å². The van der Waals surface area contributed by atoms with E-state index in [1.54, 1.807) is 0 Å². The molecule has 0 amide bonds. The van der Waals surface area contributed by atoms with Crippen LogP contribution in [-0.4, -0.2) is 6.54 Å². The summed E-state index contributed by atoms with van der Waals surface area (Å²) in [6, 6.07) is 2.77. The van der Waals surface area contributed by atoms with E-state index in [2.05, 4.69) is 48.1 Å². The van der Waals surface area contributed by atoms with Crippen LogP contribution >= 0.6 is 27.3 Å². The maximum absolute atomic E-state index is 3.69. The van der Waals surface area contributed by atoms with E-state index in [1.807, 2.05) is 11.3 Å². The molecule has 0 aliphatic rings. The molecular weight excluding hydrogens is 306 g/mol. The van der Waals surface area contributed by atoms with Gasteiger partial charge in [-0.3, -0.25) is 0 Å². The van der Waals surface area contributed by atoms with E-state index < -0.39 is 0 Å². The summed E-state index contributed by atoms with van der Waals surface area (Å²) in [5.74, 6) is 0. The molecule has 0 aliphatic heterocycles. The normalized spacial score (nSPS) is 12.9. The van der Waals surface area contributed by atoms with Gasteiger partial charge >= 0.3 is 0 Å². The van der Waals surface area contributed by atoms with Gasteiger partial charge in [0, 0.05) is 20.3 Å². The van der Waals surface area contributed by atoms with Crippen molar-refractivity contribution in [3.05, 3.63) is 20.3 Å². The van der Waals surface area contributed by atoms with Crippen molar-refractivity contribution in [3.63, 3.8) is 0 Å². The van der Waals surface area contributed by atoms with Gasteiger partial charge in [-0.05, 0) is 41.9 Å². The van der Waals surface area contributed by atoms with E-state index >= 15 is 0 Å². The van der Waals surface area contributed by atoms with Crippen LogP contribution in [0, 0.1) is 6.92 Å². The molecule has 0 saturated heterocycles. The third kappa shape index (κ3) is 5.41. The maximum Gasteiger partial charge on any atom is 0.0426 e. The van der Waals surface area contributed by atoms with E-state index in [0.717, 1.165) is 6.54 Å². The average molecular weight is 332 g/mol. The quantitative estimate of drug-likeness (QED) is 0.561. The van der Waals surface area contributed by atoms with Crippen LogP contribution in [0.4, 0.5) is 0 Å². The minimum absolute atomic E-state index is 0.532. The van der Waals surface area contributed by atoms with Gasteiger partial charge in [-0.2, -0.15) is 0 Å². The number of hydrogen-bond donors (Lipinski definition) is 1. The van der Waals surface area contributed by atoms with Crippen LogP contribution in [0.1, 0.15) is 68.2 Å². The van der Waals surface area contributed by atoms with Crippen LogP contribution in [0.3, 0.4) is 0 Å². The number of unbranched alkanes of at least 4 members (excludes halogenated alkanes) is 4. The molecule has 0 bridgehead atoms. The monoisotopic (exact) mass is 331 g/mol. The molecule has 1 aromatic rings. The van der Waals surface area contributed by atoms with Crippen LogP contribution < -0.4 is 5.32 Å². The number of thiophene rings is 1. The fourth-order valence-electron chi connectivity index (χ4n) is 2.26. The van der Waals surface area contributed by atoms with Gasteiger partial charge in [0.15, 0.2) is 0 Å². The Morgan fingerprint density at radius 1 is 1.22 bits per heavy atom. The van der Waals surface area contributed by atoms with E-state index in [9.17, 15) is 0 Å². The van der Waals surface area contributed by atoms with Crippen molar-refractivity contribution in [1.82, 2.24) is 5.32 Å². The van der Waals surface area contributed by atoms with E-state index in [1.165, 1.54) is 52.8 Å². The first-order chi connectivity index (χ1) is 8.69. The molecule has 0 aromatic carbocycles. The lowest BCUT2D eigenvalue weighted by Crippen LogP contribution is -2.20. The number of nitrogens with one attached hydrogen (secondary N) is 1. The number of rotatable bonds is 9. The highest BCUT2D eigenvalue weighted by Gasteiger charge is 2.15. The molecule has 1 heterocycles. The summed E-state index contributed by atoms with van der Waals surface area (Å²) in [5.41, 5.74) is 0. The van der Waals surface area contributed by atoms with Crippen molar-refractivity contribution in [2.24, 2.45) is 0 Å². The van der Waals surface area contributed by atoms with Gasteiger partial charge in [-0.25, -0.2) is 0 Å². The number of halogens is 1. The van der Waals surface area contributed by atoms with Gasteiger partial charge in [0.05, 0.1) is 0 Å². The summed E-state index contributed by atoms with van der Waals surface area (Å²) in [4.78, 5) is 2.87. The molecule has 0 aliphatic carbocycles. The second-order valence-corrected chi connectivity index (χ2v) is 7.02. The minimum Gasteiger partial charge on any atom is -0.309 e. The van der Waals surface area contributed by atoms with Gasteiger partial charge in [0.1, 0.15) is 0 Å². The second kappa shape index (κ2) is 9.11. The van der Waals surface area contributed by atoms with Crippen molar-refractivity contribution in [3.8, 4) is 0 Å². The first-order valence-corrected chi connectivity index (χ1v) is 8.79. The lowest BCUT2D eigenvalue weighted by molar-refractivity contribution is 0.483. The zero-order valence-electron chi connectivity index (χ0n) is 11.9. The van der Waals surface area contributed by atoms with Crippen molar-refractivity contribution < 1.29 is 0 Å². The zero-order chi connectivity index (χ0) is 13.4. The second-order valence-electron chi connectivity index (χ2n) is 4.88. The molecule has 1 nitrogen and oxygen atoms in total. The van der Waals surface area contributed by atoms with Gasteiger partial charge in [0.2, 0.25) is 0 Å². The maximum atomic E-state index is 3.69. The molecule has 1 unspecified atom stereocenters. The standard InChI is InChI=1S/C15H26BrNS/c1-4-6-7-8-9-10-14(17-5-2)15-13(16)11-12(3)18-15/h11,14,17H,4-10H2,1-3H3. The van der Waals surface area contributed by atoms with Gasteiger partial charge in [-0.15, -0.1) is 11.3 Å². The van der Waals surface area contributed by atoms with Gasteiger partial charge < -0.3 is 5.32 Å². The fraction of sp³-hybridized carbons (Fsp3) is 0.733. The smallest absolute Gasteiger partial charge is 0.0426 e. The first-order valence-electron chi connectivity index (χ1n) is 7.18. The summed E-state index contributed by atoms with van der Waals surface area (Å²) in [6.45, 7) is 7.69. The summed E-state index contributed by atoms with van der Waals surface area (Å²) in [5, 5.41) is 3.62. The van der Waals surface area contributed by atoms with Crippen molar-refractivity contribution in [2.75, 3.05) is 6.54 Å². The van der Waals surface area contributed by atoms with Crippen LogP contribution in [0.25, 0.3) is 0 Å². The van der Waals surface area contributed by atoms with Gasteiger partial charge in [-0.1, -0.05) is 46.0 Å². The van der Waals surface area contributed by atoms with Gasteiger partial charge in [0.25, 0.3) is 0 Å².